The van der Waals surface area contributed by atoms with Gasteiger partial charge in [0.05, 0.1) is 25.0 Å². The highest BCUT2D eigenvalue weighted by Gasteiger charge is 2.31. The van der Waals surface area contributed by atoms with Crippen LogP contribution in [0.2, 0.25) is 0 Å². The van der Waals surface area contributed by atoms with Gasteiger partial charge in [0.2, 0.25) is 0 Å². The van der Waals surface area contributed by atoms with E-state index in [2.05, 4.69) is 5.32 Å². The van der Waals surface area contributed by atoms with Gasteiger partial charge in [-0.15, -0.1) is 0 Å². The molecule has 1 aliphatic heterocycles. The van der Waals surface area contributed by atoms with Crippen molar-refractivity contribution in [1.82, 2.24) is 0 Å². The average Bonchev–Trinajstić information content (AvgIpc) is 3.02. The summed E-state index contributed by atoms with van der Waals surface area (Å²) in [6.07, 6.45) is 0.146. The van der Waals surface area contributed by atoms with Crippen LogP contribution in [0.25, 0.3) is 0 Å². The number of aromatic carboxylic acids is 1. The molecule has 0 spiro atoms. The predicted molar refractivity (Wildman–Crippen MR) is 78.3 cm³/mol. The summed E-state index contributed by atoms with van der Waals surface area (Å²) < 4.78 is 15.7. The van der Waals surface area contributed by atoms with E-state index in [0.717, 1.165) is 6.42 Å². The number of anilines is 1. The van der Waals surface area contributed by atoms with Gasteiger partial charge in [-0.3, -0.25) is 4.79 Å². The molecule has 0 aromatic heterocycles. The van der Waals surface area contributed by atoms with Crippen molar-refractivity contribution in [2.24, 2.45) is 5.92 Å². The monoisotopic (exact) mass is 309 g/mol. The third-order valence-corrected chi connectivity index (χ3v) is 3.61. The number of carbonyl (C=O) groups is 2. The Morgan fingerprint density at radius 2 is 2.18 bits per heavy atom. The summed E-state index contributed by atoms with van der Waals surface area (Å²) in [5, 5.41) is 11.7. The Hall–Kier alpha value is -2.12. The van der Waals surface area contributed by atoms with Gasteiger partial charge in [0.15, 0.2) is 0 Å². The number of methoxy groups -OCH3 is 2. The fraction of sp³-hybridized carbons (Fsp3) is 0.467. The van der Waals surface area contributed by atoms with E-state index >= 15 is 0 Å². The van der Waals surface area contributed by atoms with Gasteiger partial charge in [-0.1, -0.05) is 0 Å². The van der Waals surface area contributed by atoms with Crippen LogP contribution < -0.4 is 10.1 Å². The van der Waals surface area contributed by atoms with Crippen LogP contribution in [0.1, 0.15) is 16.8 Å². The Kier molecular flexibility index (Phi) is 5.35. The number of carboxylic acid groups (broad SMARTS) is 1. The van der Waals surface area contributed by atoms with Crippen LogP contribution in [-0.2, 0) is 14.3 Å². The van der Waals surface area contributed by atoms with E-state index in [0.29, 0.717) is 18.9 Å². The molecule has 2 N–H and O–H groups in total. The van der Waals surface area contributed by atoms with Crippen molar-refractivity contribution < 1.29 is 28.9 Å². The molecule has 1 aliphatic rings. The van der Waals surface area contributed by atoms with Crippen LogP contribution in [0.4, 0.5) is 5.69 Å². The molecular weight excluding hydrogens is 290 g/mol. The number of ether oxygens (including phenoxy) is 3. The van der Waals surface area contributed by atoms with Crippen molar-refractivity contribution in [3.63, 3.8) is 0 Å². The SMILES string of the molecule is COc1cc(C(=O)O)ccc1NC(=O)C(OC)C1CCOC1. The van der Waals surface area contributed by atoms with Crippen LogP contribution in [-0.4, -0.2) is 50.5 Å². The van der Waals surface area contributed by atoms with Gasteiger partial charge in [-0.05, 0) is 24.6 Å². The second-order valence-corrected chi connectivity index (χ2v) is 4.99. The highest BCUT2D eigenvalue weighted by atomic mass is 16.5. The summed E-state index contributed by atoms with van der Waals surface area (Å²) in [6, 6.07) is 4.26. The molecule has 7 nitrogen and oxygen atoms in total. The molecule has 120 valence electrons. The highest BCUT2D eigenvalue weighted by Crippen LogP contribution is 2.27. The van der Waals surface area contributed by atoms with Gasteiger partial charge < -0.3 is 24.6 Å². The predicted octanol–water partition coefficient (Wildman–Crippen LogP) is 1.38. The van der Waals surface area contributed by atoms with Gasteiger partial charge in [0, 0.05) is 19.6 Å². The third kappa shape index (κ3) is 3.55. The molecule has 1 aromatic carbocycles. The fourth-order valence-electron chi connectivity index (χ4n) is 2.44. The molecule has 0 saturated carbocycles. The van der Waals surface area contributed by atoms with Crippen molar-refractivity contribution in [3.05, 3.63) is 23.8 Å². The summed E-state index contributed by atoms with van der Waals surface area (Å²) in [5.41, 5.74) is 0.487. The zero-order valence-corrected chi connectivity index (χ0v) is 12.5. The molecule has 0 radical (unpaired) electrons. The Morgan fingerprint density at radius 1 is 1.41 bits per heavy atom. The third-order valence-electron chi connectivity index (χ3n) is 3.61. The van der Waals surface area contributed by atoms with Crippen molar-refractivity contribution >= 4 is 17.6 Å². The quantitative estimate of drug-likeness (QED) is 0.824. The molecule has 1 amide bonds. The molecule has 0 aliphatic carbocycles. The number of carbonyl (C=O) groups excluding carboxylic acids is 1. The Bertz CT molecular complexity index is 553. The first-order valence-corrected chi connectivity index (χ1v) is 6.89. The molecule has 2 atom stereocenters. The van der Waals surface area contributed by atoms with Gasteiger partial charge >= 0.3 is 5.97 Å². The number of carboxylic acids is 1. The van der Waals surface area contributed by atoms with E-state index in [-0.39, 0.29) is 23.1 Å². The molecule has 1 aromatic rings. The molecule has 2 rings (SSSR count). The minimum Gasteiger partial charge on any atom is -0.495 e. The second kappa shape index (κ2) is 7.24. The van der Waals surface area contributed by atoms with E-state index < -0.39 is 12.1 Å². The van der Waals surface area contributed by atoms with Crippen molar-refractivity contribution in [3.8, 4) is 5.75 Å². The molecule has 0 bridgehead atoms. The number of hydrogen-bond donors (Lipinski definition) is 2. The minimum absolute atomic E-state index is 0.00860. The van der Waals surface area contributed by atoms with E-state index in [1.54, 1.807) is 0 Å². The van der Waals surface area contributed by atoms with Crippen LogP contribution in [0.5, 0.6) is 5.75 Å². The van der Waals surface area contributed by atoms with E-state index in [4.69, 9.17) is 19.3 Å². The summed E-state index contributed by atoms with van der Waals surface area (Å²) in [4.78, 5) is 23.3. The van der Waals surface area contributed by atoms with Crippen LogP contribution >= 0.6 is 0 Å². The molecule has 1 fully saturated rings. The average molecular weight is 309 g/mol. The van der Waals surface area contributed by atoms with Gasteiger partial charge in [0.25, 0.3) is 5.91 Å². The maximum Gasteiger partial charge on any atom is 0.335 e. The lowest BCUT2D eigenvalue weighted by atomic mass is 10.0. The molecule has 7 heteroatoms. The fourth-order valence-corrected chi connectivity index (χ4v) is 2.44. The van der Waals surface area contributed by atoms with Crippen LogP contribution in [0.15, 0.2) is 18.2 Å². The summed E-state index contributed by atoms with van der Waals surface area (Å²) in [6.45, 7) is 1.11. The zero-order valence-electron chi connectivity index (χ0n) is 12.5. The maximum absolute atomic E-state index is 12.4. The van der Waals surface area contributed by atoms with Gasteiger partial charge in [0.1, 0.15) is 11.9 Å². The number of hydrogen-bond acceptors (Lipinski definition) is 5. The largest absolute Gasteiger partial charge is 0.495 e. The first-order valence-electron chi connectivity index (χ1n) is 6.89. The molecule has 2 unspecified atom stereocenters. The van der Waals surface area contributed by atoms with Crippen molar-refractivity contribution in [2.75, 3.05) is 32.8 Å². The number of rotatable bonds is 6. The number of nitrogens with one attached hydrogen (secondary N) is 1. The lowest BCUT2D eigenvalue weighted by Crippen LogP contribution is -2.36. The lowest BCUT2D eigenvalue weighted by molar-refractivity contribution is -0.128. The van der Waals surface area contributed by atoms with E-state index in [9.17, 15) is 9.59 Å². The molecule has 1 heterocycles. The lowest BCUT2D eigenvalue weighted by Gasteiger charge is -2.20. The first-order chi connectivity index (χ1) is 10.6. The smallest absolute Gasteiger partial charge is 0.335 e. The van der Waals surface area contributed by atoms with Crippen molar-refractivity contribution in [2.45, 2.75) is 12.5 Å². The minimum atomic E-state index is -1.06. The Morgan fingerprint density at radius 3 is 2.73 bits per heavy atom. The molecule has 22 heavy (non-hydrogen) atoms. The van der Waals surface area contributed by atoms with Gasteiger partial charge in [-0.25, -0.2) is 4.79 Å². The second-order valence-electron chi connectivity index (χ2n) is 4.99. The van der Waals surface area contributed by atoms with E-state index in [1.165, 1.54) is 32.4 Å². The molecule has 1 saturated heterocycles. The normalized spacial score (nSPS) is 18.7. The van der Waals surface area contributed by atoms with Crippen molar-refractivity contribution in [1.29, 1.82) is 0 Å². The topological polar surface area (TPSA) is 94.1 Å². The maximum atomic E-state index is 12.4. The number of benzene rings is 1. The van der Waals surface area contributed by atoms with Gasteiger partial charge in [-0.2, -0.15) is 0 Å². The summed E-state index contributed by atoms with van der Waals surface area (Å²) >= 11 is 0. The Balaban J connectivity index is 2.14. The number of amides is 1. The highest BCUT2D eigenvalue weighted by molar-refractivity contribution is 5.97. The summed E-state index contributed by atoms with van der Waals surface area (Å²) in [7, 11) is 2.89. The Labute approximate surface area is 128 Å². The zero-order chi connectivity index (χ0) is 16.1. The van der Waals surface area contributed by atoms with Crippen LogP contribution in [0, 0.1) is 5.92 Å². The first kappa shape index (κ1) is 16.3. The summed E-state index contributed by atoms with van der Waals surface area (Å²) in [5.74, 6) is -1.08. The standard InChI is InChI=1S/C15H19NO6/c1-20-12-7-9(15(18)19)3-4-11(12)16-14(17)13(21-2)10-5-6-22-8-10/h3-4,7,10,13H,5-6,8H2,1-2H3,(H,16,17)(H,18,19). The van der Waals surface area contributed by atoms with E-state index in [1.807, 2.05) is 0 Å². The van der Waals surface area contributed by atoms with Crippen LogP contribution in [0.3, 0.4) is 0 Å². The molecular formula is C15H19NO6.